The molecule has 1 N–H and O–H groups in total. The number of hydrogen-bond donors (Lipinski definition) is 1. The lowest BCUT2D eigenvalue weighted by molar-refractivity contribution is -0.384. The van der Waals surface area contributed by atoms with E-state index in [1.807, 2.05) is 13.8 Å². The first-order chi connectivity index (χ1) is 12.8. The van der Waals surface area contributed by atoms with Gasteiger partial charge in [0.2, 0.25) is 0 Å². The van der Waals surface area contributed by atoms with Crippen LogP contribution in [-0.4, -0.2) is 52.8 Å². The van der Waals surface area contributed by atoms with Gasteiger partial charge >= 0.3 is 5.97 Å². The van der Waals surface area contributed by atoms with Gasteiger partial charge in [-0.2, -0.15) is 0 Å². The van der Waals surface area contributed by atoms with Gasteiger partial charge in [0, 0.05) is 29.8 Å². The molecule has 2 amide bonds. The quantitative estimate of drug-likeness (QED) is 0.457. The fraction of sp³-hybridized carbons (Fsp3) is 0.500. The number of hydrogen-bond acceptors (Lipinski definition) is 6. The van der Waals surface area contributed by atoms with E-state index in [9.17, 15) is 24.5 Å². The van der Waals surface area contributed by atoms with Crippen LogP contribution in [0.1, 0.15) is 43.5 Å². The van der Waals surface area contributed by atoms with Crippen LogP contribution in [-0.2, 0) is 14.3 Å². The van der Waals surface area contributed by atoms with Crippen LogP contribution in [0.15, 0.2) is 24.3 Å². The van der Waals surface area contributed by atoms with Gasteiger partial charge in [-0.05, 0) is 39.2 Å². The summed E-state index contributed by atoms with van der Waals surface area (Å²) >= 11 is 0. The molecule has 1 aliphatic rings. The lowest BCUT2D eigenvalue weighted by Gasteiger charge is -2.38. The highest BCUT2D eigenvalue weighted by Gasteiger charge is 2.29. The van der Waals surface area contributed by atoms with E-state index in [0.717, 1.165) is 25.3 Å². The van der Waals surface area contributed by atoms with Crippen molar-refractivity contribution in [3.05, 3.63) is 39.9 Å². The number of ether oxygens (including phenoxy) is 1. The van der Waals surface area contributed by atoms with Crippen LogP contribution in [0.2, 0.25) is 0 Å². The van der Waals surface area contributed by atoms with E-state index in [2.05, 4.69) is 5.32 Å². The number of non-ortho nitro benzene ring substituents is 1. The maximum atomic E-state index is 12.3. The van der Waals surface area contributed by atoms with Crippen LogP contribution in [0.5, 0.6) is 0 Å². The van der Waals surface area contributed by atoms with Crippen LogP contribution < -0.4 is 5.32 Å². The summed E-state index contributed by atoms with van der Waals surface area (Å²) in [5, 5.41) is 13.1. The number of carbonyl (C=O) groups excluding carboxylic acids is 3. The first-order valence-electron chi connectivity index (χ1n) is 8.79. The summed E-state index contributed by atoms with van der Waals surface area (Å²) in [6, 6.07) is 5.37. The van der Waals surface area contributed by atoms with Gasteiger partial charge in [-0.25, -0.2) is 0 Å². The van der Waals surface area contributed by atoms with E-state index in [1.54, 1.807) is 4.90 Å². The van der Waals surface area contributed by atoms with Crippen molar-refractivity contribution in [3.63, 3.8) is 0 Å². The zero-order chi connectivity index (χ0) is 20.0. The van der Waals surface area contributed by atoms with Crippen molar-refractivity contribution < 1.29 is 24.0 Å². The Morgan fingerprint density at radius 2 is 1.93 bits per heavy atom. The molecule has 2 rings (SSSR count). The van der Waals surface area contributed by atoms with Gasteiger partial charge in [0.15, 0.2) is 6.61 Å². The number of amides is 2. The number of carbonyl (C=O) groups is 3. The molecule has 0 aromatic heterocycles. The Balaban J connectivity index is 1.80. The van der Waals surface area contributed by atoms with Gasteiger partial charge in [0.1, 0.15) is 6.54 Å². The first-order valence-corrected chi connectivity index (χ1v) is 8.79. The van der Waals surface area contributed by atoms with Crippen molar-refractivity contribution in [2.24, 2.45) is 0 Å². The number of nitrogens with zero attached hydrogens (tertiary/aromatic N) is 2. The summed E-state index contributed by atoms with van der Waals surface area (Å²) in [7, 11) is 0. The molecule has 1 aromatic rings. The number of piperidine rings is 1. The number of benzene rings is 1. The van der Waals surface area contributed by atoms with Crippen LogP contribution in [0.3, 0.4) is 0 Å². The highest BCUT2D eigenvalue weighted by atomic mass is 16.6. The predicted molar refractivity (Wildman–Crippen MR) is 96.0 cm³/mol. The second kappa shape index (κ2) is 9.11. The molecule has 27 heavy (non-hydrogen) atoms. The van der Waals surface area contributed by atoms with E-state index in [1.165, 1.54) is 18.2 Å². The average Bonchev–Trinajstić information content (AvgIpc) is 2.64. The second-order valence-electron chi connectivity index (χ2n) is 6.58. The lowest BCUT2D eigenvalue weighted by atomic mass is 9.97. The van der Waals surface area contributed by atoms with Crippen molar-refractivity contribution in [1.82, 2.24) is 10.2 Å². The summed E-state index contributed by atoms with van der Waals surface area (Å²) in [5.41, 5.74) is -0.162. The largest absolute Gasteiger partial charge is 0.454 e. The zero-order valence-electron chi connectivity index (χ0n) is 15.3. The van der Waals surface area contributed by atoms with Crippen molar-refractivity contribution >= 4 is 23.5 Å². The molecule has 2 unspecified atom stereocenters. The molecule has 0 spiro atoms. The minimum atomic E-state index is -0.751. The fourth-order valence-corrected chi connectivity index (χ4v) is 3.20. The third-order valence-corrected chi connectivity index (χ3v) is 4.55. The summed E-state index contributed by atoms with van der Waals surface area (Å²) < 4.78 is 4.95. The van der Waals surface area contributed by atoms with Gasteiger partial charge in [-0.3, -0.25) is 24.5 Å². The van der Waals surface area contributed by atoms with Crippen molar-refractivity contribution in [2.45, 2.75) is 45.2 Å². The number of likely N-dealkylation sites (tertiary alicyclic amines) is 1. The third-order valence-electron chi connectivity index (χ3n) is 4.55. The summed E-state index contributed by atoms with van der Waals surface area (Å²) in [5.74, 6) is -1.65. The van der Waals surface area contributed by atoms with E-state index in [4.69, 9.17) is 4.74 Å². The highest BCUT2D eigenvalue weighted by Crippen LogP contribution is 2.22. The molecule has 9 heteroatoms. The Kier molecular flexibility index (Phi) is 6.86. The van der Waals surface area contributed by atoms with Crippen LogP contribution in [0.4, 0.5) is 5.69 Å². The maximum Gasteiger partial charge on any atom is 0.325 e. The molecule has 1 saturated heterocycles. The Hall–Kier alpha value is -2.97. The molecular formula is C18H23N3O6. The highest BCUT2D eigenvalue weighted by molar-refractivity contribution is 5.96. The summed E-state index contributed by atoms with van der Waals surface area (Å²) in [6.07, 6.45) is 2.90. The smallest absolute Gasteiger partial charge is 0.325 e. The molecule has 2 atom stereocenters. The van der Waals surface area contributed by atoms with Gasteiger partial charge in [-0.1, -0.05) is 6.07 Å². The van der Waals surface area contributed by atoms with Crippen molar-refractivity contribution in [2.75, 3.05) is 13.2 Å². The predicted octanol–water partition coefficient (Wildman–Crippen LogP) is 1.66. The first kappa shape index (κ1) is 20.3. The second-order valence-corrected chi connectivity index (χ2v) is 6.58. The molecule has 1 aliphatic heterocycles. The van der Waals surface area contributed by atoms with Crippen molar-refractivity contribution in [3.8, 4) is 0 Å². The molecule has 0 bridgehead atoms. The molecule has 146 valence electrons. The van der Waals surface area contributed by atoms with Crippen LogP contribution in [0, 0.1) is 10.1 Å². The normalized spacial score (nSPS) is 19.3. The lowest BCUT2D eigenvalue weighted by Crippen LogP contribution is -2.49. The minimum Gasteiger partial charge on any atom is -0.454 e. The number of esters is 1. The van der Waals surface area contributed by atoms with Gasteiger partial charge in [-0.15, -0.1) is 0 Å². The van der Waals surface area contributed by atoms with Crippen LogP contribution in [0.25, 0.3) is 0 Å². The fourth-order valence-electron chi connectivity index (χ4n) is 3.20. The molecule has 1 aromatic carbocycles. The van der Waals surface area contributed by atoms with E-state index < -0.39 is 23.3 Å². The number of rotatable bonds is 6. The third kappa shape index (κ3) is 5.50. The Morgan fingerprint density at radius 3 is 2.56 bits per heavy atom. The maximum absolute atomic E-state index is 12.3. The Labute approximate surface area is 156 Å². The number of nitro benzene ring substituents is 1. The SMILES string of the molecule is CC1CCCC(C)N1C(=O)COC(=O)CNC(=O)c1cccc([N+](=O)[O-])c1. The Bertz CT molecular complexity index is 726. The number of nitrogens with one attached hydrogen (secondary N) is 1. The van der Waals surface area contributed by atoms with E-state index >= 15 is 0 Å². The molecule has 0 saturated carbocycles. The molecule has 1 heterocycles. The zero-order valence-corrected chi connectivity index (χ0v) is 15.3. The van der Waals surface area contributed by atoms with Gasteiger partial charge in [0.05, 0.1) is 4.92 Å². The molecule has 9 nitrogen and oxygen atoms in total. The van der Waals surface area contributed by atoms with E-state index in [0.29, 0.717) is 0 Å². The molecule has 0 aliphatic carbocycles. The summed E-state index contributed by atoms with van der Waals surface area (Å²) in [4.78, 5) is 47.9. The monoisotopic (exact) mass is 377 g/mol. The van der Waals surface area contributed by atoms with Crippen LogP contribution >= 0.6 is 0 Å². The standard InChI is InChI=1S/C18H23N3O6/c1-12-5-3-6-13(2)20(12)16(22)11-27-17(23)10-19-18(24)14-7-4-8-15(9-14)21(25)26/h4,7-9,12-13H,3,5-6,10-11H2,1-2H3,(H,19,24). The summed E-state index contributed by atoms with van der Waals surface area (Å²) in [6.45, 7) is 3.13. The molecule has 0 radical (unpaired) electrons. The Morgan fingerprint density at radius 1 is 1.26 bits per heavy atom. The topological polar surface area (TPSA) is 119 Å². The molecule has 1 fully saturated rings. The molecular weight excluding hydrogens is 354 g/mol. The van der Waals surface area contributed by atoms with Gasteiger partial charge in [0.25, 0.3) is 17.5 Å². The van der Waals surface area contributed by atoms with Crippen molar-refractivity contribution in [1.29, 1.82) is 0 Å². The van der Waals surface area contributed by atoms with E-state index in [-0.39, 0.29) is 35.8 Å². The number of nitro groups is 1. The minimum absolute atomic E-state index is 0.0593. The average molecular weight is 377 g/mol. The van der Waals surface area contributed by atoms with Gasteiger partial charge < -0.3 is 15.0 Å².